The van der Waals surface area contributed by atoms with Gasteiger partial charge in [-0.25, -0.2) is 4.98 Å². The molecule has 3 aromatic heterocycles. The maximum atomic E-state index is 13.3. The van der Waals surface area contributed by atoms with E-state index in [9.17, 15) is 10.1 Å². The number of allylic oxidation sites excluding steroid dienone is 1. The molecule has 8 heteroatoms. The number of ether oxygens (including phenoxy) is 1. The van der Waals surface area contributed by atoms with Crippen LogP contribution in [0.2, 0.25) is 0 Å². The number of fused-ring (bicyclic) bond motifs is 2. The molecule has 0 N–H and O–H groups in total. The smallest absolute Gasteiger partial charge is 0.269 e. The molecule has 0 radical (unpaired) electrons. The van der Waals surface area contributed by atoms with Crippen LogP contribution in [0.15, 0.2) is 82.2 Å². The number of hydrogen-bond acceptors (Lipinski definition) is 6. The van der Waals surface area contributed by atoms with Crippen molar-refractivity contribution in [2.75, 3.05) is 0 Å². The van der Waals surface area contributed by atoms with Gasteiger partial charge in [0.1, 0.15) is 28.0 Å². The van der Waals surface area contributed by atoms with Crippen LogP contribution in [0.4, 0.5) is 0 Å². The van der Waals surface area contributed by atoms with E-state index in [2.05, 4.69) is 32.0 Å². The summed E-state index contributed by atoms with van der Waals surface area (Å²) < 4.78 is 9.26. The summed E-state index contributed by atoms with van der Waals surface area (Å²) in [7, 11) is 0. The third kappa shape index (κ3) is 3.80. The average Bonchev–Trinajstić information content (AvgIpc) is 3.24. The van der Waals surface area contributed by atoms with E-state index in [1.54, 1.807) is 36.5 Å². The zero-order valence-corrected chi connectivity index (χ0v) is 18.8. The van der Waals surface area contributed by atoms with E-state index in [0.717, 1.165) is 14.7 Å². The average molecular weight is 501 g/mol. The molecule has 0 unspecified atom stereocenters. The Morgan fingerprint density at radius 2 is 1.84 bits per heavy atom. The third-order valence-corrected chi connectivity index (χ3v) is 6.29. The van der Waals surface area contributed by atoms with E-state index in [-0.39, 0.29) is 22.6 Å². The Morgan fingerprint density at radius 1 is 1.06 bits per heavy atom. The van der Waals surface area contributed by atoms with Crippen LogP contribution in [0.3, 0.4) is 0 Å². The van der Waals surface area contributed by atoms with Crippen LogP contribution < -0.4 is 10.3 Å². The van der Waals surface area contributed by atoms with Gasteiger partial charge in [-0.15, -0.1) is 11.3 Å². The summed E-state index contributed by atoms with van der Waals surface area (Å²) in [5, 5.41) is 10.4. The summed E-state index contributed by atoms with van der Waals surface area (Å²) >= 11 is 4.79. The summed E-state index contributed by atoms with van der Waals surface area (Å²) in [6.07, 6.45) is 3.13. The highest BCUT2D eigenvalue weighted by atomic mass is 79.9. The fraction of sp³-hybridized carbons (Fsp3) is 0. The van der Waals surface area contributed by atoms with Gasteiger partial charge in [-0.05, 0) is 54.6 Å². The molecule has 0 saturated carbocycles. The molecule has 5 aromatic rings. The number of hydrogen-bond donors (Lipinski definition) is 0. The Kier molecular flexibility index (Phi) is 5.27. The predicted octanol–water partition coefficient (Wildman–Crippen LogP) is 5.92. The molecule has 32 heavy (non-hydrogen) atoms. The maximum Gasteiger partial charge on any atom is 0.269 e. The lowest BCUT2D eigenvalue weighted by Crippen LogP contribution is -2.18. The van der Waals surface area contributed by atoms with Crippen LogP contribution in [0.5, 0.6) is 11.6 Å². The Morgan fingerprint density at radius 3 is 2.62 bits per heavy atom. The molecular weight excluding hydrogens is 488 g/mol. The number of nitrogens with zero attached hydrogens (tertiary/aromatic N) is 4. The van der Waals surface area contributed by atoms with Gasteiger partial charge >= 0.3 is 0 Å². The van der Waals surface area contributed by atoms with Gasteiger partial charge in [-0.1, -0.05) is 34.1 Å². The minimum atomic E-state index is -0.337. The van der Waals surface area contributed by atoms with E-state index < -0.39 is 0 Å². The molecule has 0 aliphatic heterocycles. The molecule has 0 bridgehead atoms. The second-order valence-corrected chi connectivity index (χ2v) is 8.72. The van der Waals surface area contributed by atoms with Crippen molar-refractivity contribution < 1.29 is 4.74 Å². The van der Waals surface area contributed by atoms with Crippen molar-refractivity contribution >= 4 is 54.8 Å². The van der Waals surface area contributed by atoms with Gasteiger partial charge in [0.15, 0.2) is 0 Å². The summed E-state index contributed by atoms with van der Waals surface area (Å²) in [6, 6.07) is 22.3. The van der Waals surface area contributed by atoms with Crippen molar-refractivity contribution in [3.05, 3.63) is 98.3 Å². The van der Waals surface area contributed by atoms with Gasteiger partial charge in [0, 0.05) is 10.7 Å². The predicted molar refractivity (Wildman–Crippen MR) is 129 cm³/mol. The highest BCUT2D eigenvalue weighted by Crippen LogP contribution is 2.30. The zero-order valence-electron chi connectivity index (χ0n) is 16.4. The topological polar surface area (TPSA) is 80.3 Å². The molecule has 0 atom stereocenters. The molecule has 0 amide bonds. The summed E-state index contributed by atoms with van der Waals surface area (Å²) in [5.41, 5.74) is 1.35. The van der Waals surface area contributed by atoms with Crippen molar-refractivity contribution in [1.82, 2.24) is 14.4 Å². The first-order valence-corrected chi connectivity index (χ1v) is 11.2. The molecular formula is C24H13BrN4O2S. The molecule has 6 nitrogen and oxygen atoms in total. The quantitative estimate of drug-likeness (QED) is 0.286. The normalized spacial score (nSPS) is 11.6. The molecule has 2 aromatic carbocycles. The van der Waals surface area contributed by atoms with Crippen molar-refractivity contribution in [3.8, 4) is 17.7 Å². The zero-order chi connectivity index (χ0) is 22.1. The number of nitriles is 1. The first-order valence-electron chi connectivity index (χ1n) is 9.55. The summed E-state index contributed by atoms with van der Waals surface area (Å²) in [5.74, 6) is 0.644. The van der Waals surface area contributed by atoms with Gasteiger partial charge in [-0.3, -0.25) is 9.20 Å². The fourth-order valence-electron chi connectivity index (χ4n) is 3.17. The van der Waals surface area contributed by atoms with E-state index in [1.165, 1.54) is 21.8 Å². The fourth-order valence-corrected chi connectivity index (χ4v) is 4.37. The second kappa shape index (κ2) is 8.38. The third-order valence-electron chi connectivity index (χ3n) is 4.70. The molecule has 0 aliphatic carbocycles. The number of rotatable bonds is 4. The highest BCUT2D eigenvalue weighted by Gasteiger charge is 2.16. The van der Waals surface area contributed by atoms with Crippen LogP contribution in [0, 0.1) is 11.3 Å². The Balaban J connectivity index is 1.70. The lowest BCUT2D eigenvalue weighted by Gasteiger charge is -2.10. The first-order chi connectivity index (χ1) is 15.6. The van der Waals surface area contributed by atoms with Crippen LogP contribution >= 0.6 is 27.3 Å². The van der Waals surface area contributed by atoms with E-state index in [4.69, 9.17) is 4.74 Å². The first kappa shape index (κ1) is 20.1. The highest BCUT2D eigenvalue weighted by molar-refractivity contribution is 9.10. The minimum absolute atomic E-state index is 0.123. The van der Waals surface area contributed by atoms with Crippen LogP contribution in [0.1, 0.15) is 10.6 Å². The SMILES string of the molecule is N#C/C(=C\c1c(Oc2ccc(Br)cc2)nc2ccccn2c1=O)c1nc2ccccc2s1. The molecule has 154 valence electrons. The Bertz CT molecular complexity index is 1560. The number of para-hydroxylation sites is 1. The molecule has 3 heterocycles. The van der Waals surface area contributed by atoms with Crippen molar-refractivity contribution in [3.63, 3.8) is 0 Å². The van der Waals surface area contributed by atoms with E-state index >= 15 is 0 Å². The lowest BCUT2D eigenvalue weighted by molar-refractivity contribution is 0.461. The van der Waals surface area contributed by atoms with Crippen molar-refractivity contribution in [2.45, 2.75) is 0 Å². The Hall–Kier alpha value is -3.80. The van der Waals surface area contributed by atoms with Gasteiger partial charge in [0.25, 0.3) is 5.56 Å². The molecule has 0 aliphatic rings. The van der Waals surface area contributed by atoms with Gasteiger partial charge in [0.05, 0.1) is 15.8 Å². The number of benzene rings is 2. The number of aromatic nitrogens is 3. The maximum absolute atomic E-state index is 13.3. The largest absolute Gasteiger partial charge is 0.438 e. The standard InChI is InChI=1S/C24H13BrN4O2S/c25-16-8-10-17(11-9-16)31-22-18(24(30)29-12-4-3-7-21(29)28-22)13-15(14-26)23-27-19-5-1-2-6-20(19)32-23/h1-13H/b15-13+. The van der Waals surface area contributed by atoms with E-state index in [0.29, 0.717) is 16.4 Å². The monoisotopic (exact) mass is 500 g/mol. The molecule has 0 saturated heterocycles. The van der Waals surface area contributed by atoms with Crippen LogP contribution in [0.25, 0.3) is 27.5 Å². The Labute approximate surface area is 194 Å². The van der Waals surface area contributed by atoms with Crippen molar-refractivity contribution in [1.29, 1.82) is 5.26 Å². The van der Waals surface area contributed by atoms with Gasteiger partial charge < -0.3 is 4.74 Å². The molecule has 5 rings (SSSR count). The number of thiazole rings is 1. The van der Waals surface area contributed by atoms with Gasteiger partial charge in [-0.2, -0.15) is 10.2 Å². The summed E-state index contributed by atoms with van der Waals surface area (Å²) in [6.45, 7) is 0. The van der Waals surface area contributed by atoms with E-state index in [1.807, 2.05) is 36.4 Å². The molecule has 0 spiro atoms. The van der Waals surface area contributed by atoms with Crippen LogP contribution in [-0.2, 0) is 0 Å². The minimum Gasteiger partial charge on any atom is -0.438 e. The molecule has 0 fully saturated rings. The number of halogens is 1. The van der Waals surface area contributed by atoms with Crippen LogP contribution in [-0.4, -0.2) is 14.4 Å². The van der Waals surface area contributed by atoms with Crippen molar-refractivity contribution in [2.24, 2.45) is 0 Å². The van der Waals surface area contributed by atoms with Gasteiger partial charge in [0.2, 0.25) is 5.88 Å². The summed E-state index contributed by atoms with van der Waals surface area (Å²) in [4.78, 5) is 22.4. The lowest BCUT2D eigenvalue weighted by atomic mass is 10.2. The second-order valence-electron chi connectivity index (χ2n) is 6.78. The number of pyridine rings is 1.